The molecule has 1 saturated heterocycles. The van der Waals surface area contributed by atoms with Crippen molar-refractivity contribution in [2.45, 2.75) is 49.6 Å². The van der Waals surface area contributed by atoms with Crippen molar-refractivity contribution in [2.75, 3.05) is 18.4 Å². The second-order valence-electron chi connectivity index (χ2n) is 9.47. The standard InChI is InChI=1S/C25H25F3N6O2S/c26-18-5-2-1-4-17(18)24(8-3-9-24)13-31-21-7-6-19(32-33-21)23-30-12-16(37-23)11-29-22(36)20-10-25(27,28)14-34(20)15-35/h1-2,4-7,12,15,20H,3,8-11,13-14H2,(H,29,36)(H,31,33). The Morgan fingerprint density at radius 1 is 1.19 bits per heavy atom. The van der Waals surface area contributed by atoms with Crippen molar-refractivity contribution in [3.8, 4) is 10.7 Å². The molecular formula is C25H25F3N6O2S. The Balaban J connectivity index is 1.17. The quantitative estimate of drug-likeness (QED) is 0.409. The van der Waals surface area contributed by atoms with Gasteiger partial charge in [0.15, 0.2) is 0 Å². The molecular weight excluding hydrogens is 505 g/mol. The molecule has 3 aromatic rings. The number of hydrogen-bond acceptors (Lipinski definition) is 7. The first-order valence-corrected chi connectivity index (χ1v) is 12.7. The molecule has 8 nitrogen and oxygen atoms in total. The molecule has 1 aliphatic heterocycles. The van der Waals surface area contributed by atoms with E-state index in [-0.39, 0.29) is 24.2 Å². The zero-order valence-electron chi connectivity index (χ0n) is 19.8. The number of rotatable bonds is 9. The number of halogens is 3. The Hall–Kier alpha value is -3.54. The number of benzene rings is 1. The SMILES string of the molecule is O=CN1CC(F)(F)CC1C(=O)NCc1cnc(-c2ccc(NCC3(c4ccccc4F)CCC3)nn2)s1. The fourth-order valence-corrected chi connectivity index (χ4v) is 5.65. The molecule has 37 heavy (non-hydrogen) atoms. The summed E-state index contributed by atoms with van der Waals surface area (Å²) in [5.74, 6) is -3.32. The van der Waals surface area contributed by atoms with Gasteiger partial charge in [0, 0.05) is 29.5 Å². The molecule has 1 saturated carbocycles. The molecule has 12 heteroatoms. The van der Waals surface area contributed by atoms with E-state index >= 15 is 0 Å². The Morgan fingerprint density at radius 3 is 2.68 bits per heavy atom. The van der Waals surface area contributed by atoms with Gasteiger partial charge < -0.3 is 15.5 Å². The maximum Gasteiger partial charge on any atom is 0.267 e. The molecule has 0 radical (unpaired) electrons. The largest absolute Gasteiger partial charge is 0.368 e. The van der Waals surface area contributed by atoms with E-state index in [4.69, 9.17) is 0 Å². The summed E-state index contributed by atoms with van der Waals surface area (Å²) in [6.07, 6.45) is 4.02. The van der Waals surface area contributed by atoms with Crippen molar-refractivity contribution in [3.63, 3.8) is 0 Å². The maximum atomic E-state index is 14.4. The van der Waals surface area contributed by atoms with Crippen molar-refractivity contribution in [1.29, 1.82) is 0 Å². The highest BCUT2D eigenvalue weighted by molar-refractivity contribution is 7.15. The number of nitrogens with one attached hydrogen (secondary N) is 2. The third-order valence-corrected chi connectivity index (χ3v) is 8.00. The van der Waals surface area contributed by atoms with Crippen LogP contribution in [0.4, 0.5) is 19.0 Å². The first kappa shape index (κ1) is 25.1. The van der Waals surface area contributed by atoms with Gasteiger partial charge in [0.1, 0.15) is 28.4 Å². The molecule has 2 fully saturated rings. The van der Waals surface area contributed by atoms with Crippen LogP contribution < -0.4 is 10.6 Å². The van der Waals surface area contributed by atoms with E-state index in [2.05, 4.69) is 25.8 Å². The van der Waals surface area contributed by atoms with Gasteiger partial charge in [0.25, 0.3) is 5.92 Å². The van der Waals surface area contributed by atoms with E-state index in [0.29, 0.717) is 27.9 Å². The summed E-state index contributed by atoms with van der Waals surface area (Å²) < 4.78 is 41.5. The van der Waals surface area contributed by atoms with Crippen molar-refractivity contribution < 1.29 is 22.8 Å². The molecule has 1 aromatic carbocycles. The predicted octanol–water partition coefficient (Wildman–Crippen LogP) is 3.76. The Kier molecular flexibility index (Phi) is 6.84. The van der Waals surface area contributed by atoms with Gasteiger partial charge in [0.05, 0.1) is 13.1 Å². The monoisotopic (exact) mass is 530 g/mol. The van der Waals surface area contributed by atoms with Gasteiger partial charge in [-0.05, 0) is 36.6 Å². The topological polar surface area (TPSA) is 100 Å². The summed E-state index contributed by atoms with van der Waals surface area (Å²) in [4.78, 5) is 29.2. The van der Waals surface area contributed by atoms with Crippen LogP contribution >= 0.6 is 11.3 Å². The highest BCUT2D eigenvalue weighted by Gasteiger charge is 2.47. The maximum absolute atomic E-state index is 14.4. The van der Waals surface area contributed by atoms with Crippen LogP contribution in [0.25, 0.3) is 10.7 Å². The van der Waals surface area contributed by atoms with Gasteiger partial charge in [0.2, 0.25) is 12.3 Å². The molecule has 194 valence electrons. The van der Waals surface area contributed by atoms with E-state index in [0.717, 1.165) is 29.7 Å². The van der Waals surface area contributed by atoms with Crippen LogP contribution in [0.15, 0.2) is 42.6 Å². The van der Waals surface area contributed by atoms with Crippen molar-refractivity contribution in [3.05, 3.63) is 58.9 Å². The first-order valence-electron chi connectivity index (χ1n) is 11.9. The number of amides is 2. The van der Waals surface area contributed by atoms with Crippen LogP contribution in [-0.4, -0.2) is 57.5 Å². The Labute approximate surface area is 215 Å². The van der Waals surface area contributed by atoms with Crippen LogP contribution in [0.3, 0.4) is 0 Å². The summed E-state index contributed by atoms with van der Waals surface area (Å²) in [5, 5.41) is 14.9. The second kappa shape index (κ2) is 10.1. The average molecular weight is 531 g/mol. The molecule has 2 N–H and O–H groups in total. The molecule has 2 aromatic heterocycles. The number of likely N-dealkylation sites (tertiary alicyclic amines) is 1. The number of carbonyl (C=O) groups excluding carboxylic acids is 2. The summed E-state index contributed by atoms with van der Waals surface area (Å²) >= 11 is 1.29. The van der Waals surface area contributed by atoms with E-state index in [1.807, 2.05) is 12.1 Å². The summed E-state index contributed by atoms with van der Waals surface area (Å²) in [6, 6.07) is 9.25. The van der Waals surface area contributed by atoms with E-state index in [1.165, 1.54) is 17.4 Å². The number of alkyl halides is 2. The van der Waals surface area contributed by atoms with Crippen LogP contribution in [-0.2, 0) is 21.5 Å². The summed E-state index contributed by atoms with van der Waals surface area (Å²) in [6.45, 7) is -0.110. The minimum Gasteiger partial charge on any atom is -0.368 e. The zero-order chi connectivity index (χ0) is 26.0. The third-order valence-electron chi connectivity index (χ3n) is 6.98. The third kappa shape index (κ3) is 5.29. The number of anilines is 1. The van der Waals surface area contributed by atoms with Crippen LogP contribution in [0, 0.1) is 5.82 Å². The van der Waals surface area contributed by atoms with Crippen LogP contribution in [0.2, 0.25) is 0 Å². The first-order chi connectivity index (χ1) is 17.8. The molecule has 0 spiro atoms. The second-order valence-corrected chi connectivity index (χ2v) is 10.6. The molecule has 5 rings (SSSR count). The van der Waals surface area contributed by atoms with Gasteiger partial charge in [-0.3, -0.25) is 9.59 Å². The highest BCUT2D eigenvalue weighted by Crippen LogP contribution is 2.44. The molecule has 1 unspecified atom stereocenters. The van der Waals surface area contributed by atoms with E-state index < -0.39 is 30.8 Å². The van der Waals surface area contributed by atoms with Crippen molar-refractivity contribution >= 4 is 29.5 Å². The van der Waals surface area contributed by atoms with Gasteiger partial charge in [-0.1, -0.05) is 24.6 Å². The Bertz CT molecular complexity index is 1280. The lowest BCUT2D eigenvalue weighted by molar-refractivity contribution is -0.131. The lowest BCUT2D eigenvalue weighted by Crippen LogP contribution is -2.42. The average Bonchev–Trinajstić information content (AvgIpc) is 3.47. The molecule has 0 bridgehead atoms. The normalized spacial score (nSPS) is 19.8. The number of nitrogens with zero attached hydrogens (tertiary/aromatic N) is 4. The number of aromatic nitrogens is 3. The van der Waals surface area contributed by atoms with E-state index in [1.54, 1.807) is 24.4 Å². The molecule has 3 heterocycles. The minimum absolute atomic E-state index is 0.0937. The Morgan fingerprint density at radius 2 is 2.00 bits per heavy atom. The van der Waals surface area contributed by atoms with Crippen molar-refractivity contribution in [2.24, 2.45) is 0 Å². The van der Waals surface area contributed by atoms with Gasteiger partial charge in [-0.15, -0.1) is 21.5 Å². The van der Waals surface area contributed by atoms with Crippen LogP contribution in [0.5, 0.6) is 0 Å². The molecule has 2 aliphatic rings. The lowest BCUT2D eigenvalue weighted by atomic mass is 9.64. The minimum atomic E-state index is -3.07. The van der Waals surface area contributed by atoms with Gasteiger partial charge >= 0.3 is 0 Å². The lowest BCUT2D eigenvalue weighted by Gasteiger charge is -2.42. The molecule has 2 amide bonds. The zero-order valence-corrected chi connectivity index (χ0v) is 20.6. The smallest absolute Gasteiger partial charge is 0.267 e. The van der Waals surface area contributed by atoms with E-state index in [9.17, 15) is 22.8 Å². The number of hydrogen-bond donors (Lipinski definition) is 2. The molecule has 1 aliphatic carbocycles. The van der Waals surface area contributed by atoms with Crippen molar-refractivity contribution in [1.82, 2.24) is 25.4 Å². The fourth-order valence-electron chi connectivity index (χ4n) is 4.83. The number of thiazole rings is 1. The fraction of sp³-hybridized carbons (Fsp3) is 0.400. The summed E-state index contributed by atoms with van der Waals surface area (Å²) in [7, 11) is 0. The number of carbonyl (C=O) groups is 2. The summed E-state index contributed by atoms with van der Waals surface area (Å²) in [5.41, 5.74) is 1.02. The van der Waals surface area contributed by atoms with Gasteiger partial charge in [-0.25, -0.2) is 18.2 Å². The predicted molar refractivity (Wildman–Crippen MR) is 132 cm³/mol. The molecule has 1 atom stereocenters. The van der Waals surface area contributed by atoms with Crippen LogP contribution in [0.1, 0.15) is 36.1 Å². The van der Waals surface area contributed by atoms with Gasteiger partial charge in [-0.2, -0.15) is 0 Å². The highest BCUT2D eigenvalue weighted by atomic mass is 32.1.